The molecule has 1 heterocycles. The number of hydrogen-bond acceptors (Lipinski definition) is 13. The van der Waals surface area contributed by atoms with Gasteiger partial charge in [0.2, 0.25) is 17.8 Å². The maximum absolute atomic E-state index is 12.6. The number of ether oxygens (including phenoxy) is 4. The second-order valence-electron chi connectivity index (χ2n) is 12.3. The molecule has 0 aliphatic heterocycles. The molecule has 0 aliphatic carbocycles. The topological polar surface area (TPSA) is 173 Å². The van der Waals surface area contributed by atoms with Gasteiger partial charge in [0.25, 0.3) is 5.91 Å². The SMILES string of the molecule is CCCOCCOCCNC(=O)c1ccc(Nc2nc(NCCCCc3ccccc3)nc(NCCOCCOCCNC(O)c3ccccc3)n2)cc1. The van der Waals surface area contributed by atoms with Crippen molar-refractivity contribution >= 4 is 29.4 Å². The fraction of sp³-hybridized carbons (Fsp3) is 0.450. The van der Waals surface area contributed by atoms with Crippen molar-refractivity contribution in [3.8, 4) is 0 Å². The van der Waals surface area contributed by atoms with Crippen LogP contribution in [-0.2, 0) is 25.4 Å². The van der Waals surface area contributed by atoms with Gasteiger partial charge in [0.05, 0.1) is 46.2 Å². The van der Waals surface area contributed by atoms with Gasteiger partial charge in [-0.3, -0.25) is 10.1 Å². The minimum Gasteiger partial charge on any atom is -0.379 e. The average molecular weight is 745 g/mol. The van der Waals surface area contributed by atoms with Gasteiger partial charge in [-0.05, 0) is 61.1 Å². The summed E-state index contributed by atoms with van der Waals surface area (Å²) in [5.41, 5.74) is 3.39. The summed E-state index contributed by atoms with van der Waals surface area (Å²) in [6.45, 7) is 8.11. The highest BCUT2D eigenvalue weighted by atomic mass is 16.5. The van der Waals surface area contributed by atoms with E-state index in [9.17, 15) is 9.90 Å². The van der Waals surface area contributed by atoms with Gasteiger partial charge in [-0.1, -0.05) is 67.6 Å². The number of amides is 1. The number of anilines is 4. The van der Waals surface area contributed by atoms with Crippen LogP contribution in [-0.4, -0.2) is 105 Å². The molecule has 1 aromatic heterocycles. The van der Waals surface area contributed by atoms with Gasteiger partial charge in [-0.15, -0.1) is 0 Å². The van der Waals surface area contributed by atoms with E-state index in [1.807, 2.05) is 48.5 Å². The second-order valence-corrected chi connectivity index (χ2v) is 12.3. The van der Waals surface area contributed by atoms with E-state index in [2.05, 4.69) is 72.7 Å². The van der Waals surface area contributed by atoms with Crippen molar-refractivity contribution in [1.82, 2.24) is 25.6 Å². The van der Waals surface area contributed by atoms with Crippen LogP contribution in [0.4, 0.5) is 23.5 Å². The van der Waals surface area contributed by atoms with E-state index < -0.39 is 6.23 Å². The predicted molar refractivity (Wildman–Crippen MR) is 211 cm³/mol. The fourth-order valence-corrected chi connectivity index (χ4v) is 5.11. The molecule has 14 heteroatoms. The van der Waals surface area contributed by atoms with E-state index in [-0.39, 0.29) is 5.91 Å². The molecule has 6 N–H and O–H groups in total. The molecule has 54 heavy (non-hydrogen) atoms. The maximum Gasteiger partial charge on any atom is 0.251 e. The number of aromatic nitrogens is 3. The maximum atomic E-state index is 12.6. The number of carbonyl (C=O) groups excluding carboxylic acids is 1. The molecule has 0 radical (unpaired) electrons. The summed E-state index contributed by atoms with van der Waals surface area (Å²) in [7, 11) is 0. The average Bonchev–Trinajstić information content (AvgIpc) is 3.20. The molecule has 0 aliphatic rings. The first-order valence-corrected chi connectivity index (χ1v) is 18.8. The Kier molecular flexibility index (Phi) is 20.4. The first-order valence-electron chi connectivity index (χ1n) is 18.8. The minimum absolute atomic E-state index is 0.178. The van der Waals surface area contributed by atoms with Crippen molar-refractivity contribution in [2.24, 2.45) is 0 Å². The molecule has 1 unspecified atom stereocenters. The van der Waals surface area contributed by atoms with Crippen molar-refractivity contribution < 1.29 is 28.8 Å². The zero-order valence-corrected chi connectivity index (χ0v) is 31.3. The van der Waals surface area contributed by atoms with E-state index in [1.54, 1.807) is 12.1 Å². The van der Waals surface area contributed by atoms with Crippen molar-refractivity contribution in [2.75, 3.05) is 95.0 Å². The Balaban J connectivity index is 1.19. The molecular formula is C40H56N8O6. The molecule has 0 bridgehead atoms. The van der Waals surface area contributed by atoms with Crippen molar-refractivity contribution in [3.63, 3.8) is 0 Å². The van der Waals surface area contributed by atoms with Crippen molar-refractivity contribution in [2.45, 2.75) is 38.8 Å². The monoisotopic (exact) mass is 744 g/mol. The van der Waals surface area contributed by atoms with Crippen LogP contribution in [0.5, 0.6) is 0 Å². The van der Waals surface area contributed by atoms with Crippen LogP contribution in [0.15, 0.2) is 84.9 Å². The standard InChI is InChI=1S/C40H56N8O6/c1-2-24-51-28-29-52-26-22-42-37(50)34-16-18-35(19-17-34)45-40-47-38(43-20-10-9-13-32-11-5-3-6-12-32)46-39(48-40)44-23-27-54-31-30-53-25-21-41-36(49)33-14-7-4-8-15-33/h3-8,11-12,14-19,36,41,49H,2,9-10,13,20-31H2,1H3,(H,42,50)(H3,43,44,45,46,47,48). The molecule has 4 aromatic rings. The summed E-state index contributed by atoms with van der Waals surface area (Å²) in [6, 6.07) is 27.0. The highest BCUT2D eigenvalue weighted by Crippen LogP contribution is 2.17. The van der Waals surface area contributed by atoms with Crippen molar-refractivity contribution in [3.05, 3.63) is 102 Å². The Morgan fingerprint density at radius 2 is 1.20 bits per heavy atom. The molecule has 1 atom stereocenters. The number of unbranched alkanes of at least 4 members (excludes halogenated alkanes) is 1. The van der Waals surface area contributed by atoms with Gasteiger partial charge in [0, 0.05) is 44.0 Å². The Bertz CT molecular complexity index is 1570. The highest BCUT2D eigenvalue weighted by molar-refractivity contribution is 5.94. The summed E-state index contributed by atoms with van der Waals surface area (Å²) in [5, 5.41) is 25.9. The highest BCUT2D eigenvalue weighted by Gasteiger charge is 2.10. The number of nitrogens with zero attached hydrogens (tertiary/aromatic N) is 3. The summed E-state index contributed by atoms with van der Waals surface area (Å²) in [6.07, 6.45) is 3.25. The number of rotatable bonds is 29. The van der Waals surface area contributed by atoms with Crippen molar-refractivity contribution in [1.29, 1.82) is 0 Å². The van der Waals surface area contributed by atoms with Crippen LogP contribution in [0.25, 0.3) is 0 Å². The first kappa shape index (κ1) is 42.0. The van der Waals surface area contributed by atoms with Gasteiger partial charge >= 0.3 is 0 Å². The third-order valence-electron chi connectivity index (χ3n) is 7.91. The summed E-state index contributed by atoms with van der Waals surface area (Å²) in [4.78, 5) is 26.3. The summed E-state index contributed by atoms with van der Waals surface area (Å²) < 4.78 is 22.2. The van der Waals surface area contributed by atoms with Crippen LogP contribution in [0, 0.1) is 0 Å². The molecule has 0 spiro atoms. The second kappa shape index (κ2) is 26.1. The van der Waals surface area contributed by atoms with Crippen LogP contribution in [0.2, 0.25) is 0 Å². The molecule has 0 saturated heterocycles. The number of benzene rings is 3. The number of nitrogens with one attached hydrogen (secondary N) is 5. The van der Waals surface area contributed by atoms with Gasteiger partial charge in [0.15, 0.2) is 0 Å². The lowest BCUT2D eigenvalue weighted by Gasteiger charge is -2.13. The van der Waals surface area contributed by atoms with E-state index >= 15 is 0 Å². The molecule has 0 saturated carbocycles. The Morgan fingerprint density at radius 1 is 0.630 bits per heavy atom. The smallest absolute Gasteiger partial charge is 0.251 e. The number of carbonyl (C=O) groups is 1. The molecule has 4 rings (SSSR count). The summed E-state index contributed by atoms with van der Waals surface area (Å²) >= 11 is 0. The molecule has 1 amide bonds. The number of aryl methyl sites for hydroxylation is 1. The molecule has 0 fully saturated rings. The summed E-state index contributed by atoms with van der Waals surface area (Å²) in [5.74, 6) is 1.03. The number of aliphatic hydroxyl groups excluding tert-OH is 1. The van der Waals surface area contributed by atoms with E-state index in [1.165, 1.54) is 5.56 Å². The molecule has 3 aromatic carbocycles. The molecular weight excluding hydrogens is 688 g/mol. The van der Waals surface area contributed by atoms with Crippen LogP contribution < -0.4 is 26.6 Å². The lowest BCUT2D eigenvalue weighted by Crippen LogP contribution is -2.27. The number of aliphatic hydroxyl groups is 1. The van der Waals surface area contributed by atoms with Crippen LogP contribution >= 0.6 is 0 Å². The van der Waals surface area contributed by atoms with Gasteiger partial charge in [-0.25, -0.2) is 0 Å². The lowest BCUT2D eigenvalue weighted by atomic mass is 10.1. The molecule has 14 nitrogen and oxygen atoms in total. The minimum atomic E-state index is -0.727. The van der Waals surface area contributed by atoms with Crippen LogP contribution in [0.1, 0.15) is 53.9 Å². The van der Waals surface area contributed by atoms with Gasteiger partial charge in [0.1, 0.15) is 6.23 Å². The fourth-order valence-electron chi connectivity index (χ4n) is 5.11. The Hall–Kier alpha value is -4.70. The zero-order valence-electron chi connectivity index (χ0n) is 31.3. The third kappa shape index (κ3) is 17.4. The lowest BCUT2D eigenvalue weighted by molar-refractivity contribution is 0.0459. The predicted octanol–water partition coefficient (Wildman–Crippen LogP) is 4.95. The number of hydrogen-bond donors (Lipinski definition) is 6. The van der Waals surface area contributed by atoms with E-state index in [0.29, 0.717) is 95.8 Å². The Morgan fingerprint density at radius 3 is 1.87 bits per heavy atom. The van der Waals surface area contributed by atoms with Gasteiger partial charge in [-0.2, -0.15) is 15.0 Å². The zero-order chi connectivity index (χ0) is 37.9. The first-order chi connectivity index (χ1) is 26.6. The van der Waals surface area contributed by atoms with E-state index in [4.69, 9.17) is 18.9 Å². The van der Waals surface area contributed by atoms with Gasteiger partial charge < -0.3 is 45.3 Å². The quantitative estimate of drug-likeness (QED) is 0.0326. The van der Waals surface area contributed by atoms with Crippen LogP contribution in [0.3, 0.4) is 0 Å². The largest absolute Gasteiger partial charge is 0.379 e. The van der Waals surface area contributed by atoms with E-state index in [0.717, 1.165) is 43.5 Å². The normalized spacial score (nSPS) is 11.6. The third-order valence-corrected chi connectivity index (χ3v) is 7.91. The Labute approximate surface area is 318 Å². The molecule has 292 valence electrons.